The van der Waals surface area contributed by atoms with Crippen molar-refractivity contribution in [2.75, 3.05) is 14.2 Å². The van der Waals surface area contributed by atoms with Gasteiger partial charge in [0, 0.05) is 31.3 Å². The Kier molecular flexibility index (Phi) is 3.85. The van der Waals surface area contributed by atoms with E-state index in [-0.39, 0.29) is 5.15 Å². The van der Waals surface area contributed by atoms with E-state index in [1.165, 1.54) is 31.9 Å². The Morgan fingerprint density at radius 1 is 1.00 bits per heavy atom. The van der Waals surface area contributed by atoms with Gasteiger partial charge in [-0.3, -0.25) is 13.9 Å². The highest BCUT2D eigenvalue weighted by Gasteiger charge is 2.12. The SMILES string of the molecule is COc1cc(OC)cc(-n2c(Cl)cc(=O)n(C)c2=O)c1. The van der Waals surface area contributed by atoms with Crippen LogP contribution in [0.3, 0.4) is 0 Å². The summed E-state index contributed by atoms with van der Waals surface area (Å²) in [5, 5.41) is 0.0217. The van der Waals surface area contributed by atoms with Gasteiger partial charge in [0.05, 0.1) is 19.9 Å². The minimum atomic E-state index is -0.544. The lowest BCUT2D eigenvalue weighted by Gasteiger charge is -2.12. The highest BCUT2D eigenvalue weighted by molar-refractivity contribution is 6.29. The van der Waals surface area contributed by atoms with Gasteiger partial charge >= 0.3 is 5.69 Å². The number of methoxy groups -OCH3 is 2. The van der Waals surface area contributed by atoms with Crippen molar-refractivity contribution >= 4 is 11.6 Å². The maximum atomic E-state index is 12.2. The van der Waals surface area contributed by atoms with Gasteiger partial charge in [0.25, 0.3) is 5.56 Å². The van der Waals surface area contributed by atoms with Crippen LogP contribution in [0.4, 0.5) is 0 Å². The lowest BCUT2D eigenvalue weighted by atomic mass is 10.2. The molecule has 106 valence electrons. The van der Waals surface area contributed by atoms with E-state index in [1.807, 2.05) is 0 Å². The van der Waals surface area contributed by atoms with Crippen molar-refractivity contribution in [3.05, 3.63) is 50.3 Å². The van der Waals surface area contributed by atoms with Crippen molar-refractivity contribution in [3.63, 3.8) is 0 Å². The fraction of sp³-hybridized carbons (Fsp3) is 0.231. The second-order valence-corrected chi connectivity index (χ2v) is 4.44. The summed E-state index contributed by atoms with van der Waals surface area (Å²) in [7, 11) is 4.39. The monoisotopic (exact) mass is 296 g/mol. The lowest BCUT2D eigenvalue weighted by molar-refractivity contribution is 0.394. The highest BCUT2D eigenvalue weighted by atomic mass is 35.5. The molecule has 20 heavy (non-hydrogen) atoms. The van der Waals surface area contributed by atoms with Gasteiger partial charge in [-0.1, -0.05) is 11.6 Å². The number of benzene rings is 1. The van der Waals surface area contributed by atoms with Crippen LogP contribution in [0.15, 0.2) is 33.9 Å². The molecule has 0 aliphatic rings. The molecule has 0 unspecified atom stereocenters. The van der Waals surface area contributed by atoms with Crippen LogP contribution in [0.2, 0.25) is 5.15 Å². The van der Waals surface area contributed by atoms with Crippen LogP contribution in [-0.2, 0) is 7.05 Å². The van der Waals surface area contributed by atoms with Crippen molar-refractivity contribution < 1.29 is 9.47 Å². The predicted molar refractivity (Wildman–Crippen MR) is 75.4 cm³/mol. The average Bonchev–Trinajstić information content (AvgIpc) is 2.44. The Hall–Kier alpha value is -2.21. The van der Waals surface area contributed by atoms with Crippen LogP contribution in [0.25, 0.3) is 5.69 Å². The third kappa shape index (κ3) is 2.42. The van der Waals surface area contributed by atoms with E-state index in [0.29, 0.717) is 17.2 Å². The standard InChI is InChI=1S/C13H13ClN2O4/c1-15-12(17)7-11(14)16(13(15)18)8-4-9(19-2)6-10(5-8)20-3/h4-7H,1-3H3. The van der Waals surface area contributed by atoms with Gasteiger partial charge in [0.1, 0.15) is 16.7 Å². The molecule has 2 aromatic rings. The number of hydrogen-bond donors (Lipinski definition) is 0. The first-order valence-corrected chi connectivity index (χ1v) is 6.07. The maximum Gasteiger partial charge on any atom is 0.336 e. The topological polar surface area (TPSA) is 62.5 Å². The zero-order valence-corrected chi connectivity index (χ0v) is 12.0. The van der Waals surface area contributed by atoms with Crippen LogP contribution in [-0.4, -0.2) is 23.4 Å². The van der Waals surface area contributed by atoms with Crippen LogP contribution in [0.5, 0.6) is 11.5 Å². The third-order valence-corrected chi connectivity index (χ3v) is 3.14. The highest BCUT2D eigenvalue weighted by Crippen LogP contribution is 2.25. The fourth-order valence-corrected chi connectivity index (χ4v) is 2.02. The molecular weight excluding hydrogens is 284 g/mol. The number of ether oxygens (including phenoxy) is 2. The molecule has 0 spiro atoms. The number of aromatic nitrogens is 2. The summed E-state index contributed by atoms with van der Waals surface area (Å²) < 4.78 is 12.5. The van der Waals surface area contributed by atoms with Crippen molar-refractivity contribution in [1.82, 2.24) is 9.13 Å². The van der Waals surface area contributed by atoms with Crippen molar-refractivity contribution in [2.24, 2.45) is 7.05 Å². The molecule has 0 aliphatic carbocycles. The average molecular weight is 297 g/mol. The molecule has 1 aromatic heterocycles. The van der Waals surface area contributed by atoms with Crippen LogP contribution < -0.4 is 20.7 Å². The first-order valence-electron chi connectivity index (χ1n) is 5.70. The Bertz CT molecular complexity index is 742. The van der Waals surface area contributed by atoms with E-state index in [2.05, 4.69) is 0 Å². The fourth-order valence-electron chi connectivity index (χ4n) is 1.75. The molecule has 0 saturated carbocycles. The van der Waals surface area contributed by atoms with Gasteiger partial charge < -0.3 is 9.47 Å². The maximum absolute atomic E-state index is 12.2. The second kappa shape index (κ2) is 5.42. The first kappa shape index (κ1) is 14.2. The number of hydrogen-bond acceptors (Lipinski definition) is 4. The molecular formula is C13H13ClN2O4. The number of nitrogens with zero attached hydrogens (tertiary/aromatic N) is 2. The van der Waals surface area contributed by atoms with E-state index < -0.39 is 11.2 Å². The molecule has 0 fully saturated rings. The van der Waals surface area contributed by atoms with Gasteiger partial charge in [0.2, 0.25) is 0 Å². The normalized spacial score (nSPS) is 10.4. The largest absolute Gasteiger partial charge is 0.497 e. The van der Waals surface area contributed by atoms with E-state index in [1.54, 1.807) is 18.2 Å². The first-order chi connectivity index (χ1) is 9.47. The van der Waals surface area contributed by atoms with E-state index in [0.717, 1.165) is 4.57 Å². The third-order valence-electron chi connectivity index (χ3n) is 2.86. The summed E-state index contributed by atoms with van der Waals surface area (Å²) in [6, 6.07) is 6.10. The minimum absolute atomic E-state index is 0.0217. The zero-order valence-electron chi connectivity index (χ0n) is 11.2. The minimum Gasteiger partial charge on any atom is -0.497 e. The van der Waals surface area contributed by atoms with Gasteiger partial charge in [-0.05, 0) is 0 Å². The van der Waals surface area contributed by atoms with E-state index >= 15 is 0 Å². The summed E-state index contributed by atoms with van der Waals surface area (Å²) in [5.41, 5.74) is -0.560. The second-order valence-electron chi connectivity index (χ2n) is 4.05. The quantitative estimate of drug-likeness (QED) is 0.799. The Balaban J connectivity index is 2.78. The summed E-state index contributed by atoms with van der Waals surface area (Å²) in [6.07, 6.45) is 0. The van der Waals surface area contributed by atoms with Crippen LogP contribution in [0.1, 0.15) is 0 Å². The molecule has 0 radical (unpaired) electrons. The molecule has 1 aromatic carbocycles. The molecule has 0 amide bonds. The van der Waals surface area contributed by atoms with Crippen molar-refractivity contribution in [1.29, 1.82) is 0 Å². The molecule has 0 saturated heterocycles. The molecule has 1 heterocycles. The molecule has 7 heteroatoms. The van der Waals surface area contributed by atoms with Gasteiger partial charge in [-0.25, -0.2) is 4.79 Å². The van der Waals surface area contributed by atoms with Crippen LogP contribution >= 0.6 is 11.6 Å². The molecule has 0 N–H and O–H groups in total. The van der Waals surface area contributed by atoms with Crippen molar-refractivity contribution in [3.8, 4) is 17.2 Å². The molecule has 0 aliphatic heterocycles. The lowest BCUT2D eigenvalue weighted by Crippen LogP contribution is -2.37. The Morgan fingerprint density at radius 2 is 1.55 bits per heavy atom. The number of rotatable bonds is 3. The summed E-state index contributed by atoms with van der Waals surface area (Å²) in [4.78, 5) is 23.7. The van der Waals surface area contributed by atoms with Gasteiger partial charge in [0.15, 0.2) is 0 Å². The van der Waals surface area contributed by atoms with E-state index in [4.69, 9.17) is 21.1 Å². The predicted octanol–water partition coefficient (Wildman–Crippen LogP) is 1.21. The summed E-state index contributed by atoms with van der Waals surface area (Å²) >= 11 is 6.00. The number of halogens is 1. The zero-order chi connectivity index (χ0) is 14.9. The van der Waals surface area contributed by atoms with Crippen molar-refractivity contribution in [2.45, 2.75) is 0 Å². The molecule has 0 atom stereocenters. The Labute approximate surface area is 119 Å². The van der Waals surface area contributed by atoms with Crippen LogP contribution in [0, 0.1) is 0 Å². The smallest absolute Gasteiger partial charge is 0.336 e. The summed E-state index contributed by atoms with van der Waals surface area (Å²) in [5.74, 6) is 1.02. The van der Waals surface area contributed by atoms with E-state index in [9.17, 15) is 9.59 Å². The molecule has 6 nitrogen and oxygen atoms in total. The Morgan fingerprint density at radius 3 is 2.05 bits per heavy atom. The summed E-state index contributed by atoms with van der Waals surface area (Å²) in [6.45, 7) is 0. The molecule has 0 bridgehead atoms. The van der Waals surface area contributed by atoms with Gasteiger partial charge in [-0.2, -0.15) is 0 Å². The van der Waals surface area contributed by atoms with Gasteiger partial charge in [-0.15, -0.1) is 0 Å². The molecule has 2 rings (SSSR count).